The summed E-state index contributed by atoms with van der Waals surface area (Å²) >= 11 is 0. The van der Waals surface area contributed by atoms with Crippen molar-refractivity contribution in [1.82, 2.24) is 15.5 Å². The van der Waals surface area contributed by atoms with Crippen molar-refractivity contribution in [2.45, 2.75) is 76.3 Å². The Balaban J connectivity index is 1.23. The van der Waals surface area contributed by atoms with Gasteiger partial charge in [0.05, 0.1) is 18.8 Å². The van der Waals surface area contributed by atoms with E-state index in [1.54, 1.807) is 0 Å². The highest BCUT2D eigenvalue weighted by molar-refractivity contribution is 5.73. The molecule has 1 aliphatic heterocycles. The summed E-state index contributed by atoms with van der Waals surface area (Å²) in [7, 11) is 0. The van der Waals surface area contributed by atoms with Crippen molar-refractivity contribution in [3.63, 3.8) is 0 Å². The van der Waals surface area contributed by atoms with E-state index in [0.29, 0.717) is 19.1 Å². The molecule has 3 aromatic rings. The Kier molecular flexibility index (Phi) is 10.8. The Labute approximate surface area is 249 Å². The first-order chi connectivity index (χ1) is 20.6. The quantitative estimate of drug-likeness (QED) is 0.228. The zero-order chi connectivity index (χ0) is 29.1. The summed E-state index contributed by atoms with van der Waals surface area (Å²) < 4.78 is 13.1. The van der Waals surface area contributed by atoms with Gasteiger partial charge in [-0.1, -0.05) is 97.8 Å². The van der Waals surface area contributed by atoms with Crippen LogP contribution in [0.2, 0.25) is 0 Å². The molecule has 2 amide bonds. The van der Waals surface area contributed by atoms with Crippen molar-refractivity contribution in [3.05, 3.63) is 119 Å². The molecule has 7 heteroatoms. The number of ether oxygens (including phenoxy) is 2. The Morgan fingerprint density at radius 2 is 1.48 bits per heavy atom. The molecule has 0 aromatic heterocycles. The first-order valence-corrected chi connectivity index (χ1v) is 15.1. The van der Waals surface area contributed by atoms with Crippen molar-refractivity contribution < 1.29 is 19.4 Å². The van der Waals surface area contributed by atoms with Gasteiger partial charge >= 0.3 is 6.03 Å². The van der Waals surface area contributed by atoms with E-state index >= 15 is 0 Å². The van der Waals surface area contributed by atoms with Crippen LogP contribution in [0.1, 0.15) is 72.3 Å². The number of urea groups is 1. The van der Waals surface area contributed by atoms with Gasteiger partial charge in [-0.2, -0.15) is 0 Å². The number of nitrogens with zero attached hydrogens (tertiary/aromatic N) is 1. The van der Waals surface area contributed by atoms with Crippen LogP contribution in [0.4, 0.5) is 4.79 Å². The molecule has 7 nitrogen and oxygen atoms in total. The van der Waals surface area contributed by atoms with E-state index in [4.69, 9.17) is 9.47 Å². The van der Waals surface area contributed by atoms with E-state index in [-0.39, 0.29) is 24.8 Å². The minimum absolute atomic E-state index is 0.00136. The molecule has 3 atom stereocenters. The van der Waals surface area contributed by atoms with Crippen molar-refractivity contribution in [3.8, 4) is 0 Å². The van der Waals surface area contributed by atoms with Gasteiger partial charge in [-0.15, -0.1) is 6.58 Å². The molecule has 2 fully saturated rings. The average Bonchev–Trinajstić information content (AvgIpc) is 3.58. The molecule has 1 saturated heterocycles. The predicted molar refractivity (Wildman–Crippen MR) is 164 cm³/mol. The van der Waals surface area contributed by atoms with E-state index in [2.05, 4.69) is 22.1 Å². The lowest BCUT2D eigenvalue weighted by molar-refractivity contribution is -0.253. The van der Waals surface area contributed by atoms with Gasteiger partial charge < -0.3 is 25.2 Å². The van der Waals surface area contributed by atoms with E-state index in [1.807, 2.05) is 84.9 Å². The minimum atomic E-state index is -0.503. The Bertz CT molecular complexity index is 1260. The second-order valence-electron chi connectivity index (χ2n) is 11.3. The van der Waals surface area contributed by atoms with Gasteiger partial charge in [-0.25, -0.2) is 4.79 Å². The SMILES string of the molecule is C=CCN(C[C@@H]1C[C@H](c2ccc(CO)cc2)O[C@H](c2ccc(CNC(=O)NCc3ccccc3)cc2)O1)C1CCCC1. The van der Waals surface area contributed by atoms with Gasteiger partial charge in [0.15, 0.2) is 6.29 Å². The fraction of sp³-hybridized carbons (Fsp3) is 0.400. The third-order valence-electron chi connectivity index (χ3n) is 8.26. The van der Waals surface area contributed by atoms with Gasteiger partial charge in [-0.3, -0.25) is 4.90 Å². The van der Waals surface area contributed by atoms with Crippen LogP contribution in [0.25, 0.3) is 0 Å². The van der Waals surface area contributed by atoms with Crippen LogP contribution < -0.4 is 10.6 Å². The summed E-state index contributed by atoms with van der Waals surface area (Å²) in [6.45, 7) is 6.63. The maximum Gasteiger partial charge on any atom is 0.315 e. The highest BCUT2D eigenvalue weighted by atomic mass is 16.7. The lowest BCUT2D eigenvalue weighted by atomic mass is 9.99. The summed E-state index contributed by atoms with van der Waals surface area (Å²) in [5.41, 5.74) is 4.97. The Morgan fingerprint density at radius 1 is 0.857 bits per heavy atom. The molecule has 5 rings (SSSR count). The first-order valence-electron chi connectivity index (χ1n) is 15.1. The average molecular weight is 570 g/mol. The van der Waals surface area contributed by atoms with E-state index in [1.165, 1.54) is 25.7 Å². The molecule has 0 radical (unpaired) electrons. The van der Waals surface area contributed by atoms with Crippen molar-refractivity contribution in [2.75, 3.05) is 13.1 Å². The monoisotopic (exact) mass is 569 g/mol. The van der Waals surface area contributed by atoms with Gasteiger partial charge in [-0.05, 0) is 35.1 Å². The Morgan fingerprint density at radius 3 is 2.12 bits per heavy atom. The summed E-state index contributed by atoms with van der Waals surface area (Å²) in [5, 5.41) is 15.3. The summed E-state index contributed by atoms with van der Waals surface area (Å²) in [6.07, 6.45) is 7.16. The topological polar surface area (TPSA) is 83.1 Å². The number of carbonyl (C=O) groups excluding carboxylic acids is 1. The zero-order valence-corrected chi connectivity index (χ0v) is 24.3. The summed E-state index contributed by atoms with van der Waals surface area (Å²) in [6, 6.07) is 26.3. The molecule has 0 bridgehead atoms. The molecule has 0 unspecified atom stereocenters. The van der Waals surface area contributed by atoms with Crippen LogP contribution >= 0.6 is 0 Å². The van der Waals surface area contributed by atoms with Crippen LogP contribution in [0.15, 0.2) is 91.5 Å². The summed E-state index contributed by atoms with van der Waals surface area (Å²) in [5.74, 6) is 0. The lowest BCUT2D eigenvalue weighted by Crippen LogP contribution is -2.43. The van der Waals surface area contributed by atoms with Crippen LogP contribution in [0, 0.1) is 0 Å². The number of rotatable bonds is 12. The van der Waals surface area contributed by atoms with Gasteiger partial charge in [0, 0.05) is 44.2 Å². The number of nitrogens with one attached hydrogen (secondary N) is 2. The fourth-order valence-corrected chi connectivity index (χ4v) is 5.92. The molecule has 1 aliphatic carbocycles. The summed E-state index contributed by atoms with van der Waals surface area (Å²) in [4.78, 5) is 14.8. The molecular weight excluding hydrogens is 526 g/mol. The number of amides is 2. The molecular formula is C35H43N3O4. The maximum absolute atomic E-state index is 12.3. The standard InChI is InChI=1S/C35H43N3O4/c1-2-20-38(31-10-6-7-11-31)24-32-21-33(29-16-14-28(25-39)15-17-29)42-34(41-32)30-18-12-27(13-19-30)23-37-35(40)36-22-26-8-4-3-5-9-26/h2-5,8-9,12-19,31-34,39H,1,6-7,10-11,20-25H2,(H2,36,37,40)/t32-,33+,34+/m0/s1. The molecule has 3 aromatic carbocycles. The number of hydrogen-bond acceptors (Lipinski definition) is 5. The number of hydrogen-bond donors (Lipinski definition) is 3. The van der Waals surface area contributed by atoms with Crippen molar-refractivity contribution in [1.29, 1.82) is 0 Å². The minimum Gasteiger partial charge on any atom is -0.392 e. The number of benzene rings is 3. The largest absolute Gasteiger partial charge is 0.392 e. The van der Waals surface area contributed by atoms with Crippen LogP contribution in [0.5, 0.6) is 0 Å². The maximum atomic E-state index is 12.3. The van der Waals surface area contributed by atoms with Crippen molar-refractivity contribution in [2.24, 2.45) is 0 Å². The van der Waals surface area contributed by atoms with E-state index < -0.39 is 6.29 Å². The number of carbonyl (C=O) groups is 1. The molecule has 1 heterocycles. The second-order valence-corrected chi connectivity index (χ2v) is 11.3. The predicted octanol–water partition coefficient (Wildman–Crippen LogP) is 6.15. The van der Waals surface area contributed by atoms with Gasteiger partial charge in [0.1, 0.15) is 0 Å². The molecule has 1 saturated carbocycles. The first kappa shape index (κ1) is 30.0. The molecule has 3 N–H and O–H groups in total. The fourth-order valence-electron chi connectivity index (χ4n) is 5.92. The van der Waals surface area contributed by atoms with E-state index in [9.17, 15) is 9.90 Å². The van der Waals surface area contributed by atoms with Gasteiger partial charge in [0.2, 0.25) is 0 Å². The van der Waals surface area contributed by atoms with Crippen LogP contribution in [0.3, 0.4) is 0 Å². The smallest absolute Gasteiger partial charge is 0.315 e. The molecule has 0 spiro atoms. The van der Waals surface area contributed by atoms with Crippen LogP contribution in [-0.4, -0.2) is 41.3 Å². The zero-order valence-electron chi connectivity index (χ0n) is 24.3. The van der Waals surface area contributed by atoms with Crippen LogP contribution in [-0.2, 0) is 29.2 Å². The number of aliphatic hydroxyl groups excluding tert-OH is 1. The normalized spacial score (nSPS) is 20.9. The number of aliphatic hydroxyl groups is 1. The van der Waals surface area contributed by atoms with E-state index in [0.717, 1.165) is 47.3 Å². The third kappa shape index (κ3) is 8.29. The highest BCUT2D eigenvalue weighted by Crippen LogP contribution is 2.38. The lowest BCUT2D eigenvalue weighted by Gasteiger charge is -2.39. The molecule has 42 heavy (non-hydrogen) atoms. The molecule has 222 valence electrons. The third-order valence-corrected chi connectivity index (χ3v) is 8.26. The second kappa shape index (κ2) is 15.1. The van der Waals surface area contributed by atoms with Crippen molar-refractivity contribution >= 4 is 6.03 Å². The molecule has 2 aliphatic rings. The van der Waals surface area contributed by atoms with Gasteiger partial charge in [0.25, 0.3) is 0 Å². The Hall–Kier alpha value is -3.49. The highest BCUT2D eigenvalue weighted by Gasteiger charge is 2.34.